The molecule has 1 heterocycles. The normalized spacial score (nSPS) is 10.3. The van der Waals surface area contributed by atoms with Crippen LogP contribution in [0.2, 0.25) is 0 Å². The molecule has 0 aliphatic heterocycles. The zero-order chi connectivity index (χ0) is 11.4. The largest absolute Gasteiger partial charge is 0.361 e. The molecule has 0 spiro atoms. The summed E-state index contributed by atoms with van der Waals surface area (Å²) < 4.78 is 1.08. The highest BCUT2D eigenvalue weighted by atomic mass is 79.9. The predicted molar refractivity (Wildman–Crippen MR) is 68.3 cm³/mol. The minimum atomic E-state index is 0.553. The van der Waals surface area contributed by atoms with E-state index in [1.807, 2.05) is 12.3 Å². The third kappa shape index (κ3) is 2.38. The third-order valence-corrected chi connectivity index (χ3v) is 2.99. The second-order valence-electron chi connectivity index (χ2n) is 3.56. The number of azide groups is 1. The van der Waals surface area contributed by atoms with Gasteiger partial charge >= 0.3 is 0 Å². The number of aromatic amines is 1. The maximum Gasteiger partial charge on any atom is 0.0457 e. The summed E-state index contributed by atoms with van der Waals surface area (Å²) in [5, 5.41) is 4.76. The number of aromatic nitrogens is 1. The molecule has 2 aromatic rings. The average molecular weight is 279 g/mol. The molecule has 0 amide bonds. The predicted octanol–water partition coefficient (Wildman–Crippen LogP) is 4.17. The fourth-order valence-electron chi connectivity index (χ4n) is 1.74. The molecular formula is C11H11BrN4. The summed E-state index contributed by atoms with van der Waals surface area (Å²) in [4.78, 5) is 5.97. The standard InChI is InChI=1S/C11H11BrN4/c12-9-3-4-11-10(6-9)8(7-14-11)2-1-5-15-16-13/h3-4,6-7,14H,1-2,5H2. The molecule has 0 saturated heterocycles. The lowest BCUT2D eigenvalue weighted by Gasteiger charge is -1.97. The molecule has 0 bridgehead atoms. The molecule has 0 atom stereocenters. The molecule has 0 unspecified atom stereocenters. The van der Waals surface area contributed by atoms with Gasteiger partial charge in [0.15, 0.2) is 0 Å². The Morgan fingerprint density at radius 2 is 2.31 bits per heavy atom. The van der Waals surface area contributed by atoms with Crippen molar-refractivity contribution in [1.29, 1.82) is 0 Å². The van der Waals surface area contributed by atoms with Crippen LogP contribution in [-0.2, 0) is 6.42 Å². The lowest BCUT2D eigenvalue weighted by Crippen LogP contribution is -1.86. The summed E-state index contributed by atoms with van der Waals surface area (Å²) in [5.74, 6) is 0. The van der Waals surface area contributed by atoms with E-state index >= 15 is 0 Å². The number of halogens is 1. The first-order chi connectivity index (χ1) is 7.81. The van der Waals surface area contributed by atoms with Crippen LogP contribution in [-0.4, -0.2) is 11.5 Å². The van der Waals surface area contributed by atoms with E-state index in [0.717, 1.165) is 22.8 Å². The number of benzene rings is 1. The first-order valence-corrected chi connectivity index (χ1v) is 5.87. The monoisotopic (exact) mass is 278 g/mol. The Bertz CT molecular complexity index is 540. The summed E-state index contributed by atoms with van der Waals surface area (Å²) in [7, 11) is 0. The lowest BCUT2D eigenvalue weighted by molar-refractivity contribution is 0.831. The SMILES string of the molecule is [N-]=[N+]=NCCCc1c[nH]c2ccc(Br)cc12. The zero-order valence-electron chi connectivity index (χ0n) is 8.65. The molecule has 0 aliphatic rings. The Morgan fingerprint density at radius 1 is 1.44 bits per heavy atom. The number of H-pyrrole nitrogens is 1. The van der Waals surface area contributed by atoms with Gasteiger partial charge < -0.3 is 4.98 Å². The van der Waals surface area contributed by atoms with Crippen molar-refractivity contribution < 1.29 is 0 Å². The van der Waals surface area contributed by atoms with Gasteiger partial charge in [-0.05, 0) is 42.1 Å². The van der Waals surface area contributed by atoms with Gasteiger partial charge in [0.05, 0.1) is 0 Å². The molecule has 1 aromatic heterocycles. The molecule has 1 aromatic carbocycles. The van der Waals surface area contributed by atoms with Crippen LogP contribution in [0.1, 0.15) is 12.0 Å². The summed E-state index contributed by atoms with van der Waals surface area (Å²) in [6.45, 7) is 0.553. The van der Waals surface area contributed by atoms with Gasteiger partial charge in [-0.3, -0.25) is 0 Å². The molecule has 5 heteroatoms. The zero-order valence-corrected chi connectivity index (χ0v) is 10.2. The fourth-order valence-corrected chi connectivity index (χ4v) is 2.10. The molecule has 16 heavy (non-hydrogen) atoms. The maximum atomic E-state index is 8.18. The minimum Gasteiger partial charge on any atom is -0.361 e. The molecule has 2 rings (SSSR count). The highest BCUT2D eigenvalue weighted by molar-refractivity contribution is 9.10. The van der Waals surface area contributed by atoms with Gasteiger partial charge in [0.1, 0.15) is 0 Å². The highest BCUT2D eigenvalue weighted by Crippen LogP contribution is 2.23. The number of hydrogen-bond donors (Lipinski definition) is 1. The first kappa shape index (κ1) is 11.0. The Morgan fingerprint density at radius 3 is 3.12 bits per heavy atom. The Hall–Kier alpha value is -1.45. The van der Waals surface area contributed by atoms with Crippen LogP contribution >= 0.6 is 15.9 Å². The first-order valence-electron chi connectivity index (χ1n) is 5.07. The summed E-state index contributed by atoms with van der Waals surface area (Å²) in [6, 6.07) is 6.17. The number of nitrogens with zero attached hydrogens (tertiary/aromatic N) is 3. The maximum absolute atomic E-state index is 8.18. The smallest absolute Gasteiger partial charge is 0.0457 e. The number of nitrogens with one attached hydrogen (secondary N) is 1. The molecule has 0 aliphatic carbocycles. The number of rotatable bonds is 4. The van der Waals surface area contributed by atoms with Gasteiger partial charge in [-0.15, -0.1) is 0 Å². The molecular weight excluding hydrogens is 268 g/mol. The lowest BCUT2D eigenvalue weighted by atomic mass is 10.1. The van der Waals surface area contributed by atoms with Crippen LogP contribution in [0.25, 0.3) is 21.3 Å². The van der Waals surface area contributed by atoms with Gasteiger partial charge in [0.2, 0.25) is 0 Å². The van der Waals surface area contributed by atoms with Gasteiger partial charge in [0.25, 0.3) is 0 Å². The summed E-state index contributed by atoms with van der Waals surface area (Å²) >= 11 is 3.46. The Labute approximate surface area is 101 Å². The van der Waals surface area contributed by atoms with Crippen molar-refractivity contribution in [2.24, 2.45) is 5.11 Å². The van der Waals surface area contributed by atoms with E-state index in [9.17, 15) is 0 Å². The van der Waals surface area contributed by atoms with E-state index in [2.05, 4.69) is 43.1 Å². The van der Waals surface area contributed by atoms with E-state index in [0.29, 0.717) is 6.54 Å². The van der Waals surface area contributed by atoms with Crippen molar-refractivity contribution in [3.8, 4) is 0 Å². The third-order valence-electron chi connectivity index (χ3n) is 2.50. The molecule has 4 nitrogen and oxygen atoms in total. The van der Waals surface area contributed by atoms with Crippen molar-refractivity contribution in [1.82, 2.24) is 4.98 Å². The average Bonchev–Trinajstić information content (AvgIpc) is 2.67. The van der Waals surface area contributed by atoms with Crippen molar-refractivity contribution in [2.75, 3.05) is 6.54 Å². The van der Waals surface area contributed by atoms with E-state index in [4.69, 9.17) is 5.53 Å². The Kier molecular flexibility index (Phi) is 3.49. The van der Waals surface area contributed by atoms with E-state index in [-0.39, 0.29) is 0 Å². The molecule has 0 radical (unpaired) electrons. The van der Waals surface area contributed by atoms with Crippen molar-refractivity contribution in [3.63, 3.8) is 0 Å². The van der Waals surface area contributed by atoms with Gasteiger partial charge in [-0.1, -0.05) is 21.0 Å². The topological polar surface area (TPSA) is 64.6 Å². The van der Waals surface area contributed by atoms with Crippen molar-refractivity contribution in [3.05, 3.63) is 44.9 Å². The van der Waals surface area contributed by atoms with Gasteiger partial charge in [-0.2, -0.15) is 0 Å². The number of hydrogen-bond acceptors (Lipinski definition) is 1. The second-order valence-corrected chi connectivity index (χ2v) is 4.48. The van der Waals surface area contributed by atoms with Crippen LogP contribution < -0.4 is 0 Å². The number of fused-ring (bicyclic) bond motifs is 1. The fraction of sp³-hybridized carbons (Fsp3) is 0.273. The summed E-state index contributed by atoms with van der Waals surface area (Å²) in [5.41, 5.74) is 10.6. The second kappa shape index (κ2) is 5.05. The molecule has 0 fully saturated rings. The van der Waals surface area contributed by atoms with E-state index in [1.165, 1.54) is 10.9 Å². The van der Waals surface area contributed by atoms with Crippen molar-refractivity contribution >= 4 is 26.8 Å². The minimum absolute atomic E-state index is 0.553. The molecule has 82 valence electrons. The van der Waals surface area contributed by atoms with Gasteiger partial charge in [0, 0.05) is 33.0 Å². The van der Waals surface area contributed by atoms with Crippen LogP contribution in [0.15, 0.2) is 34.0 Å². The Balaban J connectivity index is 2.17. The van der Waals surface area contributed by atoms with Crippen LogP contribution in [0, 0.1) is 0 Å². The van der Waals surface area contributed by atoms with Gasteiger partial charge in [-0.25, -0.2) is 0 Å². The van der Waals surface area contributed by atoms with Crippen molar-refractivity contribution in [2.45, 2.75) is 12.8 Å². The van der Waals surface area contributed by atoms with E-state index < -0.39 is 0 Å². The quantitative estimate of drug-likeness (QED) is 0.378. The van der Waals surface area contributed by atoms with Crippen LogP contribution in [0.3, 0.4) is 0 Å². The van der Waals surface area contributed by atoms with Crippen LogP contribution in [0.5, 0.6) is 0 Å². The summed E-state index contributed by atoms with van der Waals surface area (Å²) in [6.07, 6.45) is 3.83. The molecule has 1 N–H and O–H groups in total. The molecule has 0 saturated carbocycles. The van der Waals surface area contributed by atoms with Crippen LogP contribution in [0.4, 0.5) is 0 Å². The van der Waals surface area contributed by atoms with E-state index in [1.54, 1.807) is 0 Å². The highest BCUT2D eigenvalue weighted by Gasteiger charge is 2.03. The number of aryl methyl sites for hydroxylation is 1.